The summed E-state index contributed by atoms with van der Waals surface area (Å²) in [5.74, 6) is -0.337. The Hall–Kier alpha value is -1.33. The normalized spacial score (nSPS) is 16.8. The Balaban J connectivity index is 0.00000242. The van der Waals surface area contributed by atoms with Gasteiger partial charge in [0.2, 0.25) is 0 Å². The van der Waals surface area contributed by atoms with E-state index in [1.165, 1.54) is 6.07 Å². The van der Waals surface area contributed by atoms with Crippen molar-refractivity contribution in [2.45, 2.75) is 38.3 Å². The number of benzene rings is 1. The minimum absolute atomic E-state index is 0. The van der Waals surface area contributed by atoms with Gasteiger partial charge in [0.15, 0.2) is 17.7 Å². The van der Waals surface area contributed by atoms with E-state index in [0.717, 1.165) is 25.9 Å². The maximum Gasteiger partial charge on any atom is 0.263 e. The van der Waals surface area contributed by atoms with Gasteiger partial charge in [0.05, 0.1) is 0 Å². The number of nitrogens with one attached hydrogen (secondary N) is 1. The lowest BCUT2D eigenvalue weighted by atomic mass is 10.0. The molecule has 1 aromatic rings. The summed E-state index contributed by atoms with van der Waals surface area (Å²) in [6, 6.07) is 6.67. The zero-order valence-corrected chi connectivity index (χ0v) is 13.9. The van der Waals surface area contributed by atoms with Crippen molar-refractivity contribution < 1.29 is 13.9 Å². The Morgan fingerprint density at radius 2 is 2.05 bits per heavy atom. The number of hydrogen-bond donors (Lipinski definition) is 1. The van der Waals surface area contributed by atoms with Crippen LogP contribution >= 0.6 is 12.4 Å². The van der Waals surface area contributed by atoms with E-state index in [0.29, 0.717) is 12.5 Å². The highest BCUT2D eigenvalue weighted by molar-refractivity contribution is 5.85. The van der Waals surface area contributed by atoms with Gasteiger partial charge >= 0.3 is 0 Å². The highest BCUT2D eigenvalue weighted by Gasteiger charge is 2.28. The Labute approximate surface area is 137 Å². The van der Waals surface area contributed by atoms with Crippen molar-refractivity contribution in [1.29, 1.82) is 0 Å². The second-order valence-corrected chi connectivity index (χ2v) is 5.33. The number of ether oxygens (including phenoxy) is 1. The van der Waals surface area contributed by atoms with Crippen molar-refractivity contribution in [1.82, 2.24) is 10.2 Å². The lowest BCUT2D eigenvalue weighted by Crippen LogP contribution is -2.48. The number of para-hydroxylation sites is 1. The number of carbonyl (C=O) groups is 1. The monoisotopic (exact) mass is 330 g/mol. The van der Waals surface area contributed by atoms with Crippen LogP contribution in [0.15, 0.2) is 24.3 Å². The largest absolute Gasteiger partial charge is 0.478 e. The van der Waals surface area contributed by atoms with Crippen LogP contribution in [0.5, 0.6) is 5.75 Å². The summed E-state index contributed by atoms with van der Waals surface area (Å²) in [5, 5.41) is 3.24. The van der Waals surface area contributed by atoms with Crippen LogP contribution in [0.1, 0.15) is 26.2 Å². The number of carbonyl (C=O) groups excluding carboxylic acids is 1. The summed E-state index contributed by atoms with van der Waals surface area (Å²) in [6.45, 7) is 3.33. The zero-order valence-electron chi connectivity index (χ0n) is 13.0. The van der Waals surface area contributed by atoms with E-state index < -0.39 is 11.9 Å². The maximum absolute atomic E-state index is 13.6. The average Bonchev–Trinajstić information content (AvgIpc) is 2.53. The van der Waals surface area contributed by atoms with Gasteiger partial charge in [0.1, 0.15) is 0 Å². The van der Waals surface area contributed by atoms with Crippen LogP contribution in [0.3, 0.4) is 0 Å². The Kier molecular flexibility index (Phi) is 7.62. The molecule has 4 nitrogen and oxygen atoms in total. The standard InChI is InChI=1S/C16H23FN2O2.ClH/c1-3-14(21-15-7-5-4-6-13(15)17)16(20)19-10-8-12(18-2)9-11-19;/h4-7,12,14,18H,3,8-11H2,1-2H3;1H. The maximum atomic E-state index is 13.6. The molecule has 1 unspecified atom stereocenters. The van der Waals surface area contributed by atoms with Gasteiger partial charge in [-0.3, -0.25) is 4.79 Å². The molecule has 1 heterocycles. The summed E-state index contributed by atoms with van der Waals surface area (Å²) in [7, 11) is 1.94. The number of hydrogen-bond acceptors (Lipinski definition) is 3. The van der Waals surface area contributed by atoms with Gasteiger partial charge in [-0.25, -0.2) is 4.39 Å². The van der Waals surface area contributed by atoms with Crippen molar-refractivity contribution >= 4 is 18.3 Å². The molecule has 124 valence electrons. The minimum Gasteiger partial charge on any atom is -0.478 e. The van der Waals surface area contributed by atoms with Crippen molar-refractivity contribution in [2.24, 2.45) is 0 Å². The molecule has 2 rings (SSSR count). The summed E-state index contributed by atoms with van der Waals surface area (Å²) in [5.41, 5.74) is 0. The van der Waals surface area contributed by atoms with Crippen molar-refractivity contribution in [2.75, 3.05) is 20.1 Å². The molecule has 0 aliphatic carbocycles. The van der Waals surface area contributed by atoms with Crippen LogP contribution in [-0.4, -0.2) is 43.1 Å². The molecule has 1 aliphatic heterocycles. The summed E-state index contributed by atoms with van der Waals surface area (Å²) >= 11 is 0. The SMILES string of the molecule is CCC(Oc1ccccc1F)C(=O)N1CCC(NC)CC1.Cl. The zero-order chi connectivity index (χ0) is 15.2. The number of likely N-dealkylation sites (tertiary alicyclic amines) is 1. The first-order chi connectivity index (χ1) is 10.2. The van der Waals surface area contributed by atoms with Crippen molar-refractivity contribution in [3.8, 4) is 5.75 Å². The highest BCUT2D eigenvalue weighted by atomic mass is 35.5. The Bertz CT molecular complexity index is 479. The van der Waals surface area contributed by atoms with Crippen molar-refractivity contribution in [3.05, 3.63) is 30.1 Å². The molecule has 6 heteroatoms. The third kappa shape index (κ3) is 4.58. The lowest BCUT2D eigenvalue weighted by Gasteiger charge is -2.34. The smallest absolute Gasteiger partial charge is 0.263 e. The fourth-order valence-corrected chi connectivity index (χ4v) is 2.59. The first-order valence-corrected chi connectivity index (χ1v) is 7.53. The molecule has 0 bridgehead atoms. The van der Waals surface area contributed by atoms with Gasteiger partial charge in [-0.05, 0) is 38.4 Å². The van der Waals surface area contributed by atoms with Crippen molar-refractivity contribution in [3.63, 3.8) is 0 Å². The molecular weight excluding hydrogens is 307 g/mol. The molecule has 0 radical (unpaired) electrons. The topological polar surface area (TPSA) is 41.6 Å². The number of nitrogens with zero attached hydrogens (tertiary/aromatic N) is 1. The fourth-order valence-electron chi connectivity index (χ4n) is 2.59. The number of amides is 1. The molecule has 0 aromatic heterocycles. The first kappa shape index (κ1) is 18.7. The number of piperidine rings is 1. The molecule has 1 amide bonds. The van der Waals surface area contributed by atoms with Gasteiger partial charge in [-0.2, -0.15) is 0 Å². The third-order valence-corrected chi connectivity index (χ3v) is 3.97. The van der Waals surface area contributed by atoms with E-state index in [2.05, 4.69) is 5.32 Å². The summed E-state index contributed by atoms with van der Waals surface area (Å²) in [6.07, 6.45) is 1.80. The van der Waals surface area contributed by atoms with Gasteiger partial charge < -0.3 is 15.0 Å². The van der Waals surface area contributed by atoms with Gasteiger partial charge in [-0.1, -0.05) is 19.1 Å². The van der Waals surface area contributed by atoms with Crippen LogP contribution in [0.2, 0.25) is 0 Å². The lowest BCUT2D eigenvalue weighted by molar-refractivity contribution is -0.140. The quantitative estimate of drug-likeness (QED) is 0.902. The molecular formula is C16H24ClFN2O2. The molecule has 22 heavy (non-hydrogen) atoms. The predicted molar refractivity (Wildman–Crippen MR) is 87.0 cm³/mol. The molecule has 1 aromatic carbocycles. The van der Waals surface area contributed by atoms with E-state index in [1.54, 1.807) is 18.2 Å². The van der Waals surface area contributed by atoms with Crippen LogP contribution < -0.4 is 10.1 Å². The Morgan fingerprint density at radius 1 is 1.41 bits per heavy atom. The van der Waals surface area contributed by atoms with Gasteiger partial charge in [0, 0.05) is 19.1 Å². The van der Waals surface area contributed by atoms with E-state index in [4.69, 9.17) is 4.74 Å². The minimum atomic E-state index is -0.618. The molecule has 1 atom stereocenters. The Morgan fingerprint density at radius 3 is 2.59 bits per heavy atom. The number of halogens is 2. The molecule has 1 saturated heterocycles. The number of rotatable bonds is 5. The molecule has 0 spiro atoms. The molecule has 1 N–H and O–H groups in total. The van der Waals surface area contributed by atoms with Gasteiger partial charge in [0.25, 0.3) is 5.91 Å². The van der Waals surface area contributed by atoms with Crippen LogP contribution in [-0.2, 0) is 4.79 Å². The van der Waals surface area contributed by atoms with E-state index in [1.807, 2.05) is 18.9 Å². The molecule has 1 fully saturated rings. The first-order valence-electron chi connectivity index (χ1n) is 7.53. The van der Waals surface area contributed by atoms with Crippen LogP contribution in [0, 0.1) is 5.82 Å². The molecule has 0 saturated carbocycles. The van der Waals surface area contributed by atoms with Crippen LogP contribution in [0.25, 0.3) is 0 Å². The van der Waals surface area contributed by atoms with E-state index in [9.17, 15) is 9.18 Å². The summed E-state index contributed by atoms with van der Waals surface area (Å²) < 4.78 is 19.2. The second kappa shape index (κ2) is 8.96. The van der Waals surface area contributed by atoms with E-state index >= 15 is 0 Å². The summed E-state index contributed by atoms with van der Waals surface area (Å²) in [4.78, 5) is 14.3. The third-order valence-electron chi connectivity index (χ3n) is 3.97. The average molecular weight is 331 g/mol. The highest BCUT2D eigenvalue weighted by Crippen LogP contribution is 2.20. The second-order valence-electron chi connectivity index (χ2n) is 5.33. The molecule has 1 aliphatic rings. The van der Waals surface area contributed by atoms with Crippen LogP contribution in [0.4, 0.5) is 4.39 Å². The van der Waals surface area contributed by atoms with Gasteiger partial charge in [-0.15, -0.1) is 12.4 Å². The van der Waals surface area contributed by atoms with E-state index in [-0.39, 0.29) is 24.1 Å². The predicted octanol–water partition coefficient (Wildman–Crippen LogP) is 2.62. The fraction of sp³-hybridized carbons (Fsp3) is 0.562.